The molecule has 1 amide bonds. The number of hydrogen-bond donors (Lipinski definition) is 2. The number of sulfonamides is 1. The van der Waals surface area contributed by atoms with Crippen LogP contribution >= 0.6 is 22.7 Å². The van der Waals surface area contributed by atoms with Gasteiger partial charge >= 0.3 is 0 Å². The molecule has 0 atom stereocenters. The van der Waals surface area contributed by atoms with Gasteiger partial charge in [0.15, 0.2) is 0 Å². The summed E-state index contributed by atoms with van der Waals surface area (Å²) in [5.41, 5.74) is 6.28. The van der Waals surface area contributed by atoms with Crippen molar-refractivity contribution in [3.05, 3.63) is 38.2 Å². The third kappa shape index (κ3) is 3.45. The zero-order valence-corrected chi connectivity index (χ0v) is 13.2. The Hall–Kier alpha value is -1.22. The molecule has 8 heteroatoms. The second kappa shape index (κ2) is 6.04. The molecule has 0 unspecified atom stereocenters. The van der Waals surface area contributed by atoms with Gasteiger partial charge in [0.05, 0.1) is 9.77 Å². The van der Waals surface area contributed by atoms with Crippen LogP contribution in [0.1, 0.15) is 20.1 Å². The van der Waals surface area contributed by atoms with Crippen molar-refractivity contribution in [2.75, 3.05) is 6.54 Å². The number of aryl methyl sites for hydroxylation is 1. The normalized spacial score (nSPS) is 11.7. The van der Waals surface area contributed by atoms with E-state index in [2.05, 4.69) is 4.72 Å². The molecule has 0 aliphatic rings. The van der Waals surface area contributed by atoms with E-state index in [1.807, 2.05) is 18.4 Å². The van der Waals surface area contributed by atoms with Gasteiger partial charge in [0.2, 0.25) is 10.0 Å². The number of thiophene rings is 2. The quantitative estimate of drug-likeness (QED) is 0.845. The monoisotopic (exact) mass is 330 g/mol. The number of nitrogens with one attached hydrogen (secondary N) is 1. The Morgan fingerprint density at radius 3 is 2.70 bits per heavy atom. The van der Waals surface area contributed by atoms with Crippen LogP contribution in [0.25, 0.3) is 0 Å². The van der Waals surface area contributed by atoms with E-state index in [9.17, 15) is 13.2 Å². The van der Waals surface area contributed by atoms with Gasteiger partial charge in [-0.15, -0.1) is 22.7 Å². The average molecular weight is 330 g/mol. The maximum absolute atomic E-state index is 12.0. The van der Waals surface area contributed by atoms with E-state index in [0.29, 0.717) is 13.0 Å². The fourth-order valence-electron chi connectivity index (χ4n) is 1.63. The van der Waals surface area contributed by atoms with Gasteiger partial charge in [-0.2, -0.15) is 0 Å². The van der Waals surface area contributed by atoms with Gasteiger partial charge in [0.1, 0.15) is 0 Å². The lowest BCUT2D eigenvalue weighted by Gasteiger charge is -2.04. The Labute approximate surface area is 125 Å². The van der Waals surface area contributed by atoms with Crippen molar-refractivity contribution in [2.24, 2.45) is 5.73 Å². The Bertz CT molecular complexity index is 716. The first-order valence-corrected chi connectivity index (χ1v) is 9.05. The topological polar surface area (TPSA) is 89.3 Å². The summed E-state index contributed by atoms with van der Waals surface area (Å²) in [5.74, 6) is -0.620. The lowest BCUT2D eigenvalue weighted by molar-refractivity contribution is 0.100. The molecule has 2 aromatic rings. The molecule has 0 fully saturated rings. The van der Waals surface area contributed by atoms with E-state index in [1.165, 1.54) is 17.0 Å². The van der Waals surface area contributed by atoms with Crippen LogP contribution in [0.3, 0.4) is 0 Å². The van der Waals surface area contributed by atoms with Crippen molar-refractivity contribution in [1.82, 2.24) is 4.72 Å². The van der Waals surface area contributed by atoms with Crippen LogP contribution in [-0.4, -0.2) is 20.9 Å². The summed E-state index contributed by atoms with van der Waals surface area (Å²) in [5, 5.41) is 3.40. The zero-order valence-electron chi connectivity index (χ0n) is 10.8. The van der Waals surface area contributed by atoms with E-state index in [4.69, 9.17) is 5.73 Å². The van der Waals surface area contributed by atoms with E-state index in [0.717, 1.165) is 16.2 Å². The summed E-state index contributed by atoms with van der Waals surface area (Å²) < 4.78 is 26.6. The molecule has 108 valence electrons. The number of primary amides is 1. The Morgan fingerprint density at radius 2 is 2.15 bits per heavy atom. The highest BCUT2D eigenvalue weighted by molar-refractivity contribution is 7.89. The highest BCUT2D eigenvalue weighted by Crippen LogP contribution is 2.19. The second-order valence-electron chi connectivity index (χ2n) is 4.19. The second-order valence-corrected chi connectivity index (χ2v) is 7.86. The minimum absolute atomic E-state index is 0.0826. The van der Waals surface area contributed by atoms with Crippen LogP contribution < -0.4 is 10.5 Å². The molecule has 0 spiro atoms. The summed E-state index contributed by atoms with van der Waals surface area (Å²) in [6, 6.07) is 3.30. The fraction of sp³-hybridized carbons (Fsp3) is 0.250. The molecule has 0 aliphatic carbocycles. The van der Waals surface area contributed by atoms with Crippen molar-refractivity contribution in [1.29, 1.82) is 0 Å². The van der Waals surface area contributed by atoms with Crippen LogP contribution in [0.5, 0.6) is 0 Å². The van der Waals surface area contributed by atoms with Crippen LogP contribution in [0.15, 0.2) is 27.8 Å². The van der Waals surface area contributed by atoms with Crippen LogP contribution in [0.4, 0.5) is 0 Å². The standard InChI is InChI=1S/C12H14N2O3S3/c1-8-3-5-18-10(8)2-4-14-20(16,17)9-6-11(12(13)15)19-7-9/h3,5-7,14H,2,4H2,1H3,(H2,13,15). The molecule has 3 N–H and O–H groups in total. The molecule has 0 radical (unpaired) electrons. The number of rotatable bonds is 6. The van der Waals surface area contributed by atoms with Crippen LogP contribution in [0.2, 0.25) is 0 Å². The Balaban J connectivity index is 2.00. The molecule has 0 aliphatic heterocycles. The van der Waals surface area contributed by atoms with Crippen molar-refractivity contribution in [3.63, 3.8) is 0 Å². The maximum atomic E-state index is 12.0. The molecule has 5 nitrogen and oxygen atoms in total. The molecule has 20 heavy (non-hydrogen) atoms. The smallest absolute Gasteiger partial charge is 0.258 e. The van der Waals surface area contributed by atoms with Gasteiger partial charge in [-0.25, -0.2) is 13.1 Å². The van der Waals surface area contributed by atoms with Gasteiger partial charge in [-0.3, -0.25) is 4.79 Å². The first kappa shape index (κ1) is 15.2. The molecule has 2 heterocycles. The minimum Gasteiger partial charge on any atom is -0.365 e. The molecule has 2 rings (SSSR count). The summed E-state index contributed by atoms with van der Waals surface area (Å²) in [6.07, 6.45) is 0.648. The molecular formula is C12H14N2O3S3. The maximum Gasteiger partial charge on any atom is 0.258 e. The molecule has 2 aromatic heterocycles. The van der Waals surface area contributed by atoms with Gasteiger partial charge in [-0.05, 0) is 36.4 Å². The zero-order chi connectivity index (χ0) is 14.8. The van der Waals surface area contributed by atoms with E-state index in [-0.39, 0.29) is 9.77 Å². The molecule has 0 aromatic carbocycles. The summed E-state index contributed by atoms with van der Waals surface area (Å²) in [7, 11) is -3.58. The minimum atomic E-state index is -3.58. The summed E-state index contributed by atoms with van der Waals surface area (Å²) in [4.78, 5) is 12.4. The first-order chi connectivity index (χ1) is 9.40. The van der Waals surface area contributed by atoms with Gasteiger partial charge < -0.3 is 5.73 Å². The highest BCUT2D eigenvalue weighted by Gasteiger charge is 2.17. The summed E-state index contributed by atoms with van der Waals surface area (Å²) >= 11 is 2.64. The lowest BCUT2D eigenvalue weighted by Crippen LogP contribution is -2.25. The van der Waals surface area contributed by atoms with Gasteiger partial charge in [0, 0.05) is 16.8 Å². The predicted octanol–water partition coefficient (Wildman–Crippen LogP) is 1.74. The lowest BCUT2D eigenvalue weighted by atomic mass is 10.2. The van der Waals surface area contributed by atoms with Crippen molar-refractivity contribution >= 4 is 38.6 Å². The number of carbonyl (C=O) groups is 1. The molecule has 0 saturated heterocycles. The first-order valence-electron chi connectivity index (χ1n) is 5.81. The van der Waals surface area contributed by atoms with Crippen LogP contribution in [-0.2, 0) is 16.4 Å². The Morgan fingerprint density at radius 1 is 1.40 bits per heavy atom. The highest BCUT2D eigenvalue weighted by atomic mass is 32.2. The Kier molecular flexibility index (Phi) is 4.59. The van der Waals surface area contributed by atoms with Crippen molar-refractivity contribution in [2.45, 2.75) is 18.2 Å². The largest absolute Gasteiger partial charge is 0.365 e. The van der Waals surface area contributed by atoms with Gasteiger partial charge in [0.25, 0.3) is 5.91 Å². The number of amides is 1. The number of carbonyl (C=O) groups excluding carboxylic acids is 1. The predicted molar refractivity (Wildman–Crippen MR) is 80.8 cm³/mol. The average Bonchev–Trinajstić information content (AvgIpc) is 2.99. The SMILES string of the molecule is Cc1ccsc1CCNS(=O)(=O)c1csc(C(N)=O)c1. The van der Waals surface area contributed by atoms with Crippen molar-refractivity contribution < 1.29 is 13.2 Å². The molecule has 0 bridgehead atoms. The van der Waals surface area contributed by atoms with Gasteiger partial charge in [-0.1, -0.05) is 0 Å². The number of hydrogen-bond acceptors (Lipinski definition) is 5. The molecule has 0 saturated carbocycles. The third-order valence-corrected chi connectivity index (χ3v) is 6.36. The third-order valence-electron chi connectivity index (χ3n) is 2.74. The van der Waals surface area contributed by atoms with E-state index >= 15 is 0 Å². The van der Waals surface area contributed by atoms with Crippen molar-refractivity contribution in [3.8, 4) is 0 Å². The van der Waals surface area contributed by atoms with Crippen LogP contribution in [0, 0.1) is 6.92 Å². The number of nitrogens with two attached hydrogens (primary N) is 1. The molecular weight excluding hydrogens is 316 g/mol. The van der Waals surface area contributed by atoms with E-state index in [1.54, 1.807) is 11.3 Å². The summed E-state index contributed by atoms with van der Waals surface area (Å²) in [6.45, 7) is 2.32. The van der Waals surface area contributed by atoms with E-state index < -0.39 is 15.9 Å². The fourth-order valence-corrected chi connectivity index (χ4v) is 4.70.